The van der Waals surface area contributed by atoms with Gasteiger partial charge >= 0.3 is 5.97 Å². The Morgan fingerprint density at radius 1 is 1.35 bits per heavy atom. The van der Waals surface area contributed by atoms with Gasteiger partial charge in [0.1, 0.15) is 0 Å². The summed E-state index contributed by atoms with van der Waals surface area (Å²) in [5.74, 6) is 0.0129. The van der Waals surface area contributed by atoms with Gasteiger partial charge in [0, 0.05) is 25.2 Å². The molecule has 0 aromatic heterocycles. The molecule has 2 saturated carbocycles. The van der Waals surface area contributed by atoms with Gasteiger partial charge in [-0.15, -0.1) is 0 Å². The van der Waals surface area contributed by atoms with Crippen molar-refractivity contribution in [3.8, 4) is 0 Å². The molecule has 3 rings (SSSR count). The number of nitrogens with zero attached hydrogens (tertiary/aromatic N) is 1. The fourth-order valence-electron chi connectivity index (χ4n) is 3.63. The lowest BCUT2D eigenvalue weighted by Crippen LogP contribution is -2.57. The van der Waals surface area contributed by atoms with Gasteiger partial charge in [0.2, 0.25) is 5.91 Å². The fourth-order valence-corrected chi connectivity index (χ4v) is 3.63. The Bertz CT molecular complexity index is 452. The molecule has 0 aromatic rings. The minimum absolute atomic E-state index is 0.0904. The quantitative estimate of drug-likeness (QED) is 0.737. The van der Waals surface area contributed by atoms with Crippen LogP contribution in [0.15, 0.2) is 0 Å². The van der Waals surface area contributed by atoms with Gasteiger partial charge in [-0.1, -0.05) is 0 Å². The predicted molar refractivity (Wildman–Crippen MR) is 85.0 cm³/mol. The SMILES string of the molecule is CC1(C(=O)NC2CC(N(CC(=O)O)CC3CC3)C2)CCCOC1. The lowest BCUT2D eigenvalue weighted by Gasteiger charge is -2.44. The highest BCUT2D eigenvalue weighted by Gasteiger charge is 2.41. The molecule has 3 fully saturated rings. The summed E-state index contributed by atoms with van der Waals surface area (Å²) in [4.78, 5) is 25.6. The molecular formula is C17H28N2O4. The van der Waals surface area contributed by atoms with Crippen LogP contribution in [-0.2, 0) is 14.3 Å². The molecule has 0 radical (unpaired) electrons. The van der Waals surface area contributed by atoms with Gasteiger partial charge in [0.05, 0.1) is 18.6 Å². The largest absolute Gasteiger partial charge is 0.480 e. The van der Waals surface area contributed by atoms with Crippen LogP contribution in [0.25, 0.3) is 0 Å². The summed E-state index contributed by atoms with van der Waals surface area (Å²) in [7, 11) is 0. The molecule has 1 amide bonds. The average Bonchev–Trinajstić information content (AvgIpc) is 3.25. The molecule has 3 aliphatic rings. The van der Waals surface area contributed by atoms with Gasteiger partial charge in [-0.25, -0.2) is 0 Å². The summed E-state index contributed by atoms with van der Waals surface area (Å²) in [6, 6.07) is 0.481. The van der Waals surface area contributed by atoms with Crippen molar-refractivity contribution < 1.29 is 19.4 Å². The van der Waals surface area contributed by atoms with Crippen LogP contribution in [-0.4, -0.2) is 60.3 Å². The molecule has 1 unspecified atom stereocenters. The molecule has 130 valence electrons. The lowest BCUT2D eigenvalue weighted by atomic mass is 9.81. The Balaban J connectivity index is 1.45. The smallest absolute Gasteiger partial charge is 0.317 e. The maximum absolute atomic E-state index is 12.5. The lowest BCUT2D eigenvalue weighted by molar-refractivity contribution is -0.142. The van der Waals surface area contributed by atoms with E-state index in [2.05, 4.69) is 10.2 Å². The third kappa shape index (κ3) is 4.23. The number of carbonyl (C=O) groups excluding carboxylic acids is 1. The number of carboxylic acids is 1. The van der Waals surface area contributed by atoms with E-state index >= 15 is 0 Å². The van der Waals surface area contributed by atoms with Crippen molar-refractivity contribution in [2.24, 2.45) is 11.3 Å². The van der Waals surface area contributed by atoms with Crippen molar-refractivity contribution in [3.05, 3.63) is 0 Å². The Hall–Kier alpha value is -1.14. The first kappa shape index (κ1) is 16.7. The summed E-state index contributed by atoms with van der Waals surface area (Å²) in [6.45, 7) is 4.24. The van der Waals surface area contributed by atoms with Gasteiger partial charge in [-0.05, 0) is 51.4 Å². The van der Waals surface area contributed by atoms with Crippen LogP contribution in [0, 0.1) is 11.3 Å². The van der Waals surface area contributed by atoms with E-state index in [1.54, 1.807) is 0 Å². The van der Waals surface area contributed by atoms with Crippen molar-refractivity contribution in [2.75, 3.05) is 26.3 Å². The van der Waals surface area contributed by atoms with E-state index in [1.165, 1.54) is 12.8 Å². The van der Waals surface area contributed by atoms with Crippen LogP contribution in [0.3, 0.4) is 0 Å². The summed E-state index contributed by atoms with van der Waals surface area (Å²) in [5, 5.41) is 12.2. The third-order valence-electron chi connectivity index (χ3n) is 5.48. The summed E-state index contributed by atoms with van der Waals surface area (Å²) >= 11 is 0. The van der Waals surface area contributed by atoms with E-state index in [9.17, 15) is 9.59 Å². The number of carboxylic acid groups (broad SMARTS) is 1. The van der Waals surface area contributed by atoms with Crippen molar-refractivity contribution in [3.63, 3.8) is 0 Å². The Morgan fingerprint density at radius 2 is 2.09 bits per heavy atom. The molecule has 1 aliphatic heterocycles. The molecule has 6 nitrogen and oxygen atoms in total. The number of ether oxygens (including phenoxy) is 1. The minimum Gasteiger partial charge on any atom is -0.480 e. The van der Waals surface area contributed by atoms with Crippen LogP contribution in [0.4, 0.5) is 0 Å². The van der Waals surface area contributed by atoms with Crippen LogP contribution in [0.2, 0.25) is 0 Å². The van der Waals surface area contributed by atoms with Gasteiger partial charge < -0.3 is 15.2 Å². The molecule has 0 bridgehead atoms. The number of carbonyl (C=O) groups is 2. The van der Waals surface area contributed by atoms with Gasteiger partial charge in [0.15, 0.2) is 0 Å². The zero-order chi connectivity index (χ0) is 16.4. The standard InChI is InChI=1S/C17H28N2O4/c1-17(5-2-6-23-11-17)16(22)18-13-7-14(8-13)19(10-15(20)21)9-12-3-4-12/h12-14H,2-11H2,1H3,(H,18,22)(H,20,21). The van der Waals surface area contributed by atoms with Crippen molar-refractivity contribution in [1.29, 1.82) is 0 Å². The first-order valence-electron chi connectivity index (χ1n) is 8.81. The first-order valence-corrected chi connectivity index (χ1v) is 8.81. The van der Waals surface area contributed by atoms with E-state index in [0.717, 1.165) is 38.8 Å². The molecule has 1 saturated heterocycles. The van der Waals surface area contributed by atoms with E-state index in [0.29, 0.717) is 18.6 Å². The number of hydrogen-bond acceptors (Lipinski definition) is 4. The van der Waals surface area contributed by atoms with Crippen molar-refractivity contribution in [1.82, 2.24) is 10.2 Å². The summed E-state index contributed by atoms with van der Waals surface area (Å²) in [6.07, 6.45) is 5.99. The van der Waals surface area contributed by atoms with Crippen LogP contribution in [0.5, 0.6) is 0 Å². The molecule has 1 heterocycles. The highest BCUT2D eigenvalue weighted by atomic mass is 16.5. The highest BCUT2D eigenvalue weighted by Crippen LogP contribution is 2.34. The fraction of sp³-hybridized carbons (Fsp3) is 0.882. The van der Waals surface area contributed by atoms with E-state index in [4.69, 9.17) is 9.84 Å². The summed E-state index contributed by atoms with van der Waals surface area (Å²) in [5.41, 5.74) is -0.405. The van der Waals surface area contributed by atoms with Crippen LogP contribution >= 0.6 is 0 Å². The van der Waals surface area contributed by atoms with Gasteiger partial charge in [-0.3, -0.25) is 14.5 Å². The van der Waals surface area contributed by atoms with Crippen molar-refractivity contribution in [2.45, 2.75) is 57.5 Å². The second-order valence-electron chi connectivity index (χ2n) is 7.78. The molecule has 2 aliphatic carbocycles. The minimum atomic E-state index is -0.759. The maximum Gasteiger partial charge on any atom is 0.317 e. The second-order valence-corrected chi connectivity index (χ2v) is 7.78. The Morgan fingerprint density at radius 3 is 2.65 bits per heavy atom. The van der Waals surface area contributed by atoms with Gasteiger partial charge in [0.25, 0.3) is 0 Å². The molecule has 1 atom stereocenters. The van der Waals surface area contributed by atoms with E-state index in [-0.39, 0.29) is 18.5 Å². The van der Waals surface area contributed by atoms with E-state index < -0.39 is 11.4 Å². The number of aliphatic carboxylic acids is 1. The highest BCUT2D eigenvalue weighted by molar-refractivity contribution is 5.82. The molecule has 23 heavy (non-hydrogen) atoms. The monoisotopic (exact) mass is 324 g/mol. The zero-order valence-electron chi connectivity index (χ0n) is 13.9. The molecule has 6 heteroatoms. The second kappa shape index (κ2) is 6.77. The third-order valence-corrected chi connectivity index (χ3v) is 5.48. The number of amides is 1. The zero-order valence-corrected chi connectivity index (χ0v) is 13.9. The maximum atomic E-state index is 12.5. The Kier molecular flexibility index (Phi) is 4.92. The topological polar surface area (TPSA) is 78.9 Å². The summed E-state index contributed by atoms with van der Waals surface area (Å²) < 4.78 is 5.46. The molecule has 0 spiro atoms. The van der Waals surface area contributed by atoms with E-state index in [1.807, 2.05) is 6.92 Å². The number of rotatable bonds is 7. The number of nitrogens with one attached hydrogen (secondary N) is 1. The average molecular weight is 324 g/mol. The molecule has 0 aromatic carbocycles. The van der Waals surface area contributed by atoms with Gasteiger partial charge in [-0.2, -0.15) is 0 Å². The molecular weight excluding hydrogens is 296 g/mol. The normalized spacial score (nSPS) is 34.0. The first-order chi connectivity index (χ1) is 11.0. The number of hydrogen-bond donors (Lipinski definition) is 2. The molecule has 2 N–H and O–H groups in total. The predicted octanol–water partition coefficient (Wildman–Crippen LogP) is 1.25. The Labute approximate surface area is 137 Å². The van der Waals surface area contributed by atoms with Crippen LogP contribution in [0.1, 0.15) is 45.4 Å². The van der Waals surface area contributed by atoms with Crippen LogP contribution < -0.4 is 5.32 Å². The van der Waals surface area contributed by atoms with Crippen molar-refractivity contribution >= 4 is 11.9 Å².